The van der Waals surface area contributed by atoms with E-state index in [2.05, 4.69) is 22.6 Å². The number of carbonyl (C=O) groups excluding carboxylic acids is 3. The molecular weight excluding hydrogens is 437 g/mol. The molecule has 2 saturated heterocycles. The van der Waals surface area contributed by atoms with E-state index in [0.29, 0.717) is 38.5 Å². The highest BCUT2D eigenvalue weighted by molar-refractivity contribution is 14.1. The number of nitrogens with one attached hydrogen (secondary N) is 1. The Morgan fingerprint density at radius 1 is 1.24 bits per heavy atom. The van der Waals surface area contributed by atoms with Crippen LogP contribution in [-0.4, -0.2) is 61.6 Å². The Morgan fingerprint density at radius 3 is 2.48 bits per heavy atom. The van der Waals surface area contributed by atoms with Crippen LogP contribution in [0.2, 0.25) is 0 Å². The zero-order chi connectivity index (χ0) is 18.0. The normalized spacial score (nSPS) is 21.8. The molecule has 2 fully saturated rings. The van der Waals surface area contributed by atoms with Crippen LogP contribution in [-0.2, 0) is 14.3 Å². The number of amides is 3. The maximum absolute atomic E-state index is 12.8. The standard InChI is InChI=1S/C17H20IN3O4/c1-2-25-17(24)20-9-7-19(8-10-20)14-11-15(22)21(16(14)23)13-5-3-12(18)4-6-13/h3-6,14H,2,7-11H2,1H3/p+1/t14-/m0/s1. The maximum Gasteiger partial charge on any atom is 0.410 e. The highest BCUT2D eigenvalue weighted by Gasteiger charge is 2.46. The predicted octanol–water partition coefficient (Wildman–Crippen LogP) is 0.280. The van der Waals surface area contributed by atoms with E-state index < -0.39 is 0 Å². The number of piperazine rings is 1. The number of quaternary nitrogens is 1. The molecule has 1 aromatic carbocycles. The lowest BCUT2D eigenvalue weighted by atomic mass is 10.2. The summed E-state index contributed by atoms with van der Waals surface area (Å²) in [7, 11) is 0. The van der Waals surface area contributed by atoms with Gasteiger partial charge in [0.15, 0.2) is 6.04 Å². The van der Waals surface area contributed by atoms with Gasteiger partial charge in [-0.05, 0) is 53.8 Å². The molecule has 0 bridgehead atoms. The second-order valence-corrected chi connectivity index (χ2v) is 7.39. The number of nitrogens with zero attached hydrogens (tertiary/aromatic N) is 2. The molecule has 0 aliphatic carbocycles. The van der Waals surface area contributed by atoms with Crippen LogP contribution >= 0.6 is 22.6 Å². The van der Waals surface area contributed by atoms with Crippen molar-refractivity contribution < 1.29 is 24.0 Å². The van der Waals surface area contributed by atoms with Gasteiger partial charge >= 0.3 is 6.09 Å². The van der Waals surface area contributed by atoms with Crippen molar-refractivity contribution in [2.75, 3.05) is 37.7 Å². The molecule has 0 radical (unpaired) electrons. The number of ether oxygens (including phenoxy) is 1. The van der Waals surface area contributed by atoms with Gasteiger partial charge in [0, 0.05) is 3.57 Å². The Morgan fingerprint density at radius 2 is 1.88 bits per heavy atom. The maximum atomic E-state index is 12.8. The van der Waals surface area contributed by atoms with E-state index in [0.717, 1.165) is 8.47 Å². The number of halogens is 1. The van der Waals surface area contributed by atoms with E-state index in [-0.39, 0.29) is 30.4 Å². The largest absolute Gasteiger partial charge is 0.450 e. The lowest BCUT2D eigenvalue weighted by molar-refractivity contribution is -0.918. The van der Waals surface area contributed by atoms with Crippen LogP contribution in [0.3, 0.4) is 0 Å². The summed E-state index contributed by atoms with van der Waals surface area (Å²) in [6.07, 6.45) is -0.0876. The van der Waals surface area contributed by atoms with Crippen LogP contribution in [0, 0.1) is 3.57 Å². The van der Waals surface area contributed by atoms with Crippen molar-refractivity contribution in [2.45, 2.75) is 19.4 Å². The summed E-state index contributed by atoms with van der Waals surface area (Å²) in [5.41, 5.74) is 0.627. The van der Waals surface area contributed by atoms with E-state index in [1.54, 1.807) is 24.0 Å². The molecule has 3 rings (SSSR count). The third-order valence-electron chi connectivity index (χ3n) is 4.66. The summed E-state index contributed by atoms with van der Waals surface area (Å²) < 4.78 is 6.07. The van der Waals surface area contributed by atoms with Gasteiger partial charge in [-0.25, -0.2) is 9.69 Å². The topological polar surface area (TPSA) is 71.4 Å². The molecule has 3 amide bonds. The zero-order valence-electron chi connectivity index (χ0n) is 14.0. The first-order valence-electron chi connectivity index (χ1n) is 8.40. The zero-order valence-corrected chi connectivity index (χ0v) is 16.2. The molecule has 1 aromatic rings. The molecule has 0 unspecified atom stereocenters. The van der Waals surface area contributed by atoms with Crippen LogP contribution in [0.15, 0.2) is 24.3 Å². The Kier molecular flexibility index (Phi) is 5.57. The Hall–Kier alpha value is -1.68. The van der Waals surface area contributed by atoms with E-state index in [4.69, 9.17) is 4.74 Å². The fraction of sp³-hybridized carbons (Fsp3) is 0.471. The molecule has 25 heavy (non-hydrogen) atoms. The molecule has 1 atom stereocenters. The molecule has 134 valence electrons. The third kappa shape index (κ3) is 3.79. The highest BCUT2D eigenvalue weighted by atomic mass is 127. The van der Waals surface area contributed by atoms with Crippen molar-refractivity contribution in [3.63, 3.8) is 0 Å². The van der Waals surface area contributed by atoms with Crippen LogP contribution in [0.4, 0.5) is 10.5 Å². The van der Waals surface area contributed by atoms with Gasteiger partial charge < -0.3 is 9.64 Å². The first-order chi connectivity index (χ1) is 12.0. The smallest absolute Gasteiger partial charge is 0.410 e. The molecule has 0 spiro atoms. The average Bonchev–Trinajstić information content (AvgIpc) is 2.91. The summed E-state index contributed by atoms with van der Waals surface area (Å²) in [5, 5.41) is 0. The summed E-state index contributed by atoms with van der Waals surface area (Å²) in [4.78, 5) is 41.0. The lowest BCUT2D eigenvalue weighted by Crippen LogP contribution is -3.19. The van der Waals surface area contributed by atoms with Gasteiger partial charge in [0.25, 0.3) is 5.91 Å². The van der Waals surface area contributed by atoms with Gasteiger partial charge in [-0.15, -0.1) is 0 Å². The van der Waals surface area contributed by atoms with Gasteiger partial charge in [0.1, 0.15) is 0 Å². The molecule has 2 aliphatic rings. The lowest BCUT2D eigenvalue weighted by Gasteiger charge is -2.33. The van der Waals surface area contributed by atoms with E-state index in [1.807, 2.05) is 12.1 Å². The molecule has 2 aliphatic heterocycles. The van der Waals surface area contributed by atoms with Crippen molar-refractivity contribution in [1.82, 2.24) is 4.90 Å². The van der Waals surface area contributed by atoms with Crippen molar-refractivity contribution in [3.8, 4) is 0 Å². The van der Waals surface area contributed by atoms with Gasteiger partial charge in [0.2, 0.25) is 5.91 Å². The monoisotopic (exact) mass is 458 g/mol. The Balaban J connectivity index is 1.65. The number of hydrogen-bond acceptors (Lipinski definition) is 4. The first-order valence-corrected chi connectivity index (χ1v) is 9.47. The molecule has 0 aromatic heterocycles. The van der Waals surface area contributed by atoms with Crippen molar-refractivity contribution in [1.29, 1.82) is 0 Å². The predicted molar refractivity (Wildman–Crippen MR) is 99.3 cm³/mol. The Bertz CT molecular complexity index is 671. The third-order valence-corrected chi connectivity index (χ3v) is 5.38. The molecule has 1 N–H and O–H groups in total. The minimum absolute atomic E-state index is 0.147. The summed E-state index contributed by atoms with van der Waals surface area (Å²) in [6.45, 7) is 4.49. The van der Waals surface area contributed by atoms with Crippen molar-refractivity contribution in [3.05, 3.63) is 27.8 Å². The molecule has 7 nitrogen and oxygen atoms in total. The van der Waals surface area contributed by atoms with E-state index >= 15 is 0 Å². The number of anilines is 1. The SMILES string of the molecule is CCOC(=O)N1CC[NH+]([C@H]2CC(=O)N(c3ccc(I)cc3)C2=O)CC1. The molecule has 8 heteroatoms. The van der Waals surface area contributed by atoms with Crippen LogP contribution in [0.1, 0.15) is 13.3 Å². The second-order valence-electron chi connectivity index (χ2n) is 6.14. The average molecular weight is 458 g/mol. The van der Waals surface area contributed by atoms with E-state index in [9.17, 15) is 14.4 Å². The minimum Gasteiger partial charge on any atom is -0.450 e. The van der Waals surface area contributed by atoms with Gasteiger partial charge in [-0.1, -0.05) is 0 Å². The number of rotatable bonds is 3. The van der Waals surface area contributed by atoms with Gasteiger partial charge in [0.05, 0.1) is 44.9 Å². The first kappa shape index (κ1) is 18.1. The summed E-state index contributed by atoms with van der Waals surface area (Å²) in [5.74, 6) is -0.303. The molecule has 2 heterocycles. The number of imide groups is 1. The molecular formula is C17H21IN3O4+. The van der Waals surface area contributed by atoms with Crippen LogP contribution < -0.4 is 9.80 Å². The van der Waals surface area contributed by atoms with Crippen LogP contribution in [0.25, 0.3) is 0 Å². The number of carbonyl (C=O) groups is 3. The fourth-order valence-corrected chi connectivity index (χ4v) is 3.71. The Labute approximate surface area is 160 Å². The number of benzene rings is 1. The van der Waals surface area contributed by atoms with Crippen molar-refractivity contribution in [2.24, 2.45) is 0 Å². The number of hydrogen-bond donors (Lipinski definition) is 1. The van der Waals surface area contributed by atoms with Gasteiger partial charge in [-0.2, -0.15) is 0 Å². The highest BCUT2D eigenvalue weighted by Crippen LogP contribution is 2.23. The fourth-order valence-electron chi connectivity index (χ4n) is 3.35. The molecule has 0 saturated carbocycles. The second kappa shape index (κ2) is 7.69. The van der Waals surface area contributed by atoms with Crippen LogP contribution in [0.5, 0.6) is 0 Å². The van der Waals surface area contributed by atoms with E-state index in [1.165, 1.54) is 4.90 Å². The van der Waals surface area contributed by atoms with Gasteiger partial charge in [-0.3, -0.25) is 14.5 Å². The quantitative estimate of drug-likeness (QED) is 0.522. The summed E-state index contributed by atoms with van der Waals surface area (Å²) >= 11 is 2.19. The van der Waals surface area contributed by atoms with Crippen molar-refractivity contribution >= 4 is 46.2 Å². The summed E-state index contributed by atoms with van der Waals surface area (Å²) in [6, 6.07) is 7.00. The minimum atomic E-state index is -0.365.